The summed E-state index contributed by atoms with van der Waals surface area (Å²) in [7, 11) is 0. The van der Waals surface area contributed by atoms with Crippen LogP contribution in [0.3, 0.4) is 0 Å². The van der Waals surface area contributed by atoms with Crippen LogP contribution in [0.1, 0.15) is 22.6 Å². The molecule has 2 N–H and O–H groups in total. The molecule has 3 aromatic carbocycles. The summed E-state index contributed by atoms with van der Waals surface area (Å²) < 4.78 is 13.6. The molecule has 5 rings (SSSR count). The van der Waals surface area contributed by atoms with Crippen molar-refractivity contribution >= 4 is 0 Å². The average molecular weight is 478 g/mol. The molecule has 0 saturated heterocycles. The minimum absolute atomic E-state index is 0.0285. The third-order valence-electron chi connectivity index (χ3n) is 6.13. The second kappa shape index (κ2) is 10.9. The van der Waals surface area contributed by atoms with E-state index in [4.69, 9.17) is 14.9 Å². The zero-order valence-corrected chi connectivity index (χ0v) is 19.7. The second-order valence-electron chi connectivity index (χ2n) is 8.58. The standard InChI is InChI=1S/C30H27N3O3/c31-25(27(23-12-6-2-7-13-23)24-14-8-3-9-15-24)20-33-18-17-32-30(33)29-28(26(34)16-19-35-29)36-21-22-10-4-1-5-11-22/h1-19,25,27H,20-21,31H2/t25-/m1/s1. The molecule has 0 amide bonds. The lowest BCUT2D eigenvalue weighted by Gasteiger charge is -2.26. The topological polar surface area (TPSA) is 83.3 Å². The van der Waals surface area contributed by atoms with Crippen LogP contribution >= 0.6 is 0 Å². The van der Waals surface area contributed by atoms with Gasteiger partial charge in [0.15, 0.2) is 5.82 Å². The average Bonchev–Trinajstić information content (AvgIpc) is 3.37. The first-order valence-electron chi connectivity index (χ1n) is 11.9. The van der Waals surface area contributed by atoms with Gasteiger partial charge in [-0.25, -0.2) is 4.98 Å². The van der Waals surface area contributed by atoms with E-state index in [9.17, 15) is 4.79 Å². The molecule has 0 saturated carbocycles. The molecule has 2 heterocycles. The first-order chi connectivity index (χ1) is 17.7. The maximum atomic E-state index is 12.7. The smallest absolute Gasteiger partial charge is 0.227 e. The highest BCUT2D eigenvalue weighted by Gasteiger charge is 2.25. The Morgan fingerprint density at radius 1 is 0.861 bits per heavy atom. The molecular weight excluding hydrogens is 450 g/mol. The third-order valence-corrected chi connectivity index (χ3v) is 6.13. The van der Waals surface area contributed by atoms with E-state index in [2.05, 4.69) is 29.2 Å². The van der Waals surface area contributed by atoms with Gasteiger partial charge in [-0.15, -0.1) is 0 Å². The fourth-order valence-electron chi connectivity index (χ4n) is 4.43. The highest BCUT2D eigenvalue weighted by Crippen LogP contribution is 2.30. The van der Waals surface area contributed by atoms with Gasteiger partial charge in [-0.1, -0.05) is 91.0 Å². The molecular formula is C30H27N3O3. The summed E-state index contributed by atoms with van der Waals surface area (Å²) in [6.07, 6.45) is 4.88. The minimum atomic E-state index is -0.271. The molecule has 0 fully saturated rings. The number of nitrogens with two attached hydrogens (primary N) is 1. The summed E-state index contributed by atoms with van der Waals surface area (Å²) in [5.74, 6) is 0.877. The number of aromatic nitrogens is 2. The van der Waals surface area contributed by atoms with E-state index in [0.29, 0.717) is 12.4 Å². The molecule has 6 heteroatoms. The van der Waals surface area contributed by atoms with E-state index in [-0.39, 0.29) is 35.5 Å². The lowest BCUT2D eigenvalue weighted by Crippen LogP contribution is -2.34. The second-order valence-corrected chi connectivity index (χ2v) is 8.58. The van der Waals surface area contributed by atoms with Gasteiger partial charge < -0.3 is 19.5 Å². The summed E-state index contributed by atoms with van der Waals surface area (Å²) in [5.41, 5.74) is 9.80. The van der Waals surface area contributed by atoms with Gasteiger partial charge >= 0.3 is 0 Å². The molecule has 0 spiro atoms. The Kier molecular flexibility index (Phi) is 7.05. The van der Waals surface area contributed by atoms with Crippen molar-refractivity contribution in [1.29, 1.82) is 0 Å². The highest BCUT2D eigenvalue weighted by atomic mass is 16.5. The van der Waals surface area contributed by atoms with E-state index in [1.54, 1.807) is 6.20 Å². The molecule has 0 aliphatic carbocycles. The van der Waals surface area contributed by atoms with Crippen molar-refractivity contribution in [2.24, 2.45) is 5.73 Å². The van der Waals surface area contributed by atoms with Crippen LogP contribution in [0.5, 0.6) is 5.75 Å². The van der Waals surface area contributed by atoms with Crippen LogP contribution in [0.25, 0.3) is 11.6 Å². The molecule has 0 aliphatic heterocycles. The number of nitrogens with zero attached hydrogens (tertiary/aromatic N) is 2. The molecule has 0 bridgehead atoms. The number of ether oxygens (including phenoxy) is 1. The van der Waals surface area contributed by atoms with Crippen molar-refractivity contribution in [3.05, 3.63) is 143 Å². The Balaban J connectivity index is 1.45. The van der Waals surface area contributed by atoms with Crippen molar-refractivity contribution in [2.45, 2.75) is 25.1 Å². The number of hydrogen-bond acceptors (Lipinski definition) is 5. The van der Waals surface area contributed by atoms with Crippen LogP contribution in [0.2, 0.25) is 0 Å². The first kappa shape index (κ1) is 23.3. The summed E-state index contributed by atoms with van der Waals surface area (Å²) in [5, 5.41) is 0. The zero-order valence-electron chi connectivity index (χ0n) is 19.7. The minimum Gasteiger partial charge on any atom is -0.481 e. The summed E-state index contributed by atoms with van der Waals surface area (Å²) >= 11 is 0. The van der Waals surface area contributed by atoms with E-state index in [1.807, 2.05) is 77.5 Å². The van der Waals surface area contributed by atoms with E-state index in [0.717, 1.165) is 16.7 Å². The van der Waals surface area contributed by atoms with Crippen LogP contribution in [-0.4, -0.2) is 15.6 Å². The molecule has 5 aromatic rings. The van der Waals surface area contributed by atoms with Gasteiger partial charge in [0, 0.05) is 37.0 Å². The highest BCUT2D eigenvalue weighted by molar-refractivity contribution is 5.57. The summed E-state index contributed by atoms with van der Waals surface area (Å²) in [6, 6.07) is 31.2. The van der Waals surface area contributed by atoms with Gasteiger partial charge in [-0.2, -0.15) is 0 Å². The molecule has 6 nitrogen and oxygen atoms in total. The molecule has 2 aromatic heterocycles. The summed E-state index contributed by atoms with van der Waals surface area (Å²) in [4.78, 5) is 17.2. The lowest BCUT2D eigenvalue weighted by atomic mass is 9.85. The fourth-order valence-corrected chi connectivity index (χ4v) is 4.43. The van der Waals surface area contributed by atoms with Crippen molar-refractivity contribution in [1.82, 2.24) is 9.55 Å². The molecule has 1 atom stereocenters. The Bertz CT molecular complexity index is 1410. The van der Waals surface area contributed by atoms with E-state index >= 15 is 0 Å². The Hall–Kier alpha value is -4.42. The zero-order chi connectivity index (χ0) is 24.7. The normalized spacial score (nSPS) is 11.9. The van der Waals surface area contributed by atoms with Crippen molar-refractivity contribution < 1.29 is 9.15 Å². The molecule has 0 unspecified atom stereocenters. The molecule has 0 radical (unpaired) electrons. The van der Waals surface area contributed by atoms with E-state index in [1.165, 1.54) is 12.3 Å². The third kappa shape index (κ3) is 5.14. The Morgan fingerprint density at radius 2 is 1.47 bits per heavy atom. The largest absolute Gasteiger partial charge is 0.481 e. The number of imidazole rings is 1. The predicted molar refractivity (Wildman–Crippen MR) is 140 cm³/mol. The maximum Gasteiger partial charge on any atom is 0.227 e. The van der Waals surface area contributed by atoms with Crippen molar-refractivity contribution in [3.63, 3.8) is 0 Å². The number of hydrogen-bond donors (Lipinski definition) is 1. The van der Waals surface area contributed by atoms with Gasteiger partial charge in [0.25, 0.3) is 0 Å². The van der Waals surface area contributed by atoms with Gasteiger partial charge in [0.05, 0.1) is 6.26 Å². The van der Waals surface area contributed by atoms with Crippen LogP contribution in [0.15, 0.2) is 125 Å². The van der Waals surface area contributed by atoms with Gasteiger partial charge in [0.2, 0.25) is 16.9 Å². The van der Waals surface area contributed by atoms with Crippen LogP contribution < -0.4 is 15.9 Å². The summed E-state index contributed by atoms with van der Waals surface area (Å²) in [6.45, 7) is 0.702. The maximum absolute atomic E-state index is 12.7. The Morgan fingerprint density at radius 3 is 2.11 bits per heavy atom. The quantitative estimate of drug-likeness (QED) is 0.314. The van der Waals surface area contributed by atoms with Crippen molar-refractivity contribution in [2.75, 3.05) is 0 Å². The van der Waals surface area contributed by atoms with Crippen molar-refractivity contribution in [3.8, 4) is 17.3 Å². The predicted octanol–water partition coefficient (Wildman–Crippen LogP) is 5.24. The monoisotopic (exact) mass is 477 g/mol. The molecule has 36 heavy (non-hydrogen) atoms. The van der Waals surface area contributed by atoms with Crippen LogP contribution in [0.4, 0.5) is 0 Å². The first-order valence-corrected chi connectivity index (χ1v) is 11.9. The van der Waals surface area contributed by atoms with Crippen LogP contribution in [-0.2, 0) is 13.2 Å². The van der Waals surface area contributed by atoms with Gasteiger partial charge in [0.1, 0.15) is 6.61 Å². The Labute approximate surface area is 209 Å². The lowest BCUT2D eigenvalue weighted by molar-refractivity contribution is 0.294. The van der Waals surface area contributed by atoms with E-state index < -0.39 is 0 Å². The molecule has 180 valence electrons. The number of benzene rings is 3. The van der Waals surface area contributed by atoms with Gasteiger partial charge in [-0.05, 0) is 16.7 Å². The SMILES string of the molecule is N[C@H](Cn1ccnc1-c1occc(=O)c1OCc1ccccc1)C(c1ccccc1)c1ccccc1. The van der Waals surface area contributed by atoms with Gasteiger partial charge in [-0.3, -0.25) is 4.79 Å². The van der Waals surface area contributed by atoms with Crippen LogP contribution in [0, 0.1) is 0 Å². The fraction of sp³-hybridized carbons (Fsp3) is 0.133. The molecule has 0 aliphatic rings. The number of rotatable bonds is 9.